The molecule has 9 heteroatoms. The molecule has 0 spiro atoms. The van der Waals surface area contributed by atoms with Gasteiger partial charge in [-0.15, -0.1) is 0 Å². The van der Waals surface area contributed by atoms with E-state index in [-0.39, 0.29) is 21.4 Å². The molecule has 0 fully saturated rings. The second-order valence-electron chi connectivity index (χ2n) is 6.23. The maximum atomic E-state index is 12.7. The summed E-state index contributed by atoms with van der Waals surface area (Å²) in [6.45, 7) is 3.29. The zero-order valence-corrected chi connectivity index (χ0v) is 17.1. The Balaban J connectivity index is 1.98. The van der Waals surface area contributed by atoms with Crippen molar-refractivity contribution in [2.45, 2.75) is 18.7 Å². The van der Waals surface area contributed by atoms with E-state index in [1.54, 1.807) is 36.4 Å². The topological polar surface area (TPSA) is 110 Å². The lowest BCUT2D eigenvalue weighted by Crippen LogP contribution is -2.13. The van der Waals surface area contributed by atoms with E-state index in [4.69, 9.17) is 9.84 Å². The van der Waals surface area contributed by atoms with E-state index < -0.39 is 16.2 Å². The van der Waals surface area contributed by atoms with Crippen LogP contribution in [-0.2, 0) is 10.0 Å². The van der Waals surface area contributed by atoms with E-state index in [0.717, 1.165) is 16.9 Å². The third kappa shape index (κ3) is 4.82. The number of sulfonamides is 1. The van der Waals surface area contributed by atoms with Crippen LogP contribution in [0.2, 0.25) is 0 Å². The quantitative estimate of drug-likeness (QED) is 0.429. The van der Waals surface area contributed by atoms with Gasteiger partial charge < -0.3 is 9.84 Å². The van der Waals surface area contributed by atoms with Crippen LogP contribution in [0.3, 0.4) is 0 Å². The molecule has 150 valence electrons. The van der Waals surface area contributed by atoms with Gasteiger partial charge in [-0.05, 0) is 37.6 Å². The van der Waals surface area contributed by atoms with Crippen LogP contribution in [0.1, 0.15) is 22.8 Å². The molecule has 1 heterocycles. The molecule has 0 amide bonds. The molecule has 0 saturated carbocycles. The van der Waals surface area contributed by atoms with Gasteiger partial charge in [0.15, 0.2) is 5.78 Å². The van der Waals surface area contributed by atoms with E-state index in [2.05, 4.69) is 4.72 Å². The molecule has 7 nitrogen and oxygen atoms in total. The molecule has 0 saturated heterocycles. The minimum atomic E-state index is -3.94. The molecule has 1 aromatic heterocycles. The highest BCUT2D eigenvalue weighted by Gasteiger charge is 2.21. The molecule has 0 atom stereocenters. The number of ether oxygens (including phenoxy) is 1. The standard InChI is InChI=1S/C20H17NO6S2/c1-12-3-9-16(10-4-12)29(25,26)21-17-11-18(28-19(17)27-20(23)24)15-7-5-14(6-8-15)13(2)22/h3-11,21H,1-2H3,(H,23,24). The molecule has 3 rings (SSSR count). The Kier molecular flexibility index (Phi) is 5.71. The predicted octanol–water partition coefficient (Wildman–Crippen LogP) is 4.78. The van der Waals surface area contributed by atoms with Gasteiger partial charge >= 0.3 is 6.16 Å². The lowest BCUT2D eigenvalue weighted by molar-refractivity contribution is 0.101. The van der Waals surface area contributed by atoms with Crippen LogP contribution in [0.15, 0.2) is 59.5 Å². The number of carbonyl (C=O) groups excluding carboxylic acids is 1. The van der Waals surface area contributed by atoms with Crippen molar-refractivity contribution >= 4 is 39.0 Å². The van der Waals surface area contributed by atoms with E-state index in [0.29, 0.717) is 16.0 Å². The molecule has 3 aromatic rings. The monoisotopic (exact) mass is 431 g/mol. The fourth-order valence-corrected chi connectivity index (χ4v) is 4.61. The number of benzene rings is 2. The predicted molar refractivity (Wildman–Crippen MR) is 110 cm³/mol. The molecule has 0 bridgehead atoms. The van der Waals surface area contributed by atoms with Crippen molar-refractivity contribution in [2.24, 2.45) is 0 Å². The first-order chi connectivity index (χ1) is 13.7. The summed E-state index contributed by atoms with van der Waals surface area (Å²) in [5.41, 5.74) is 2.15. The maximum Gasteiger partial charge on any atom is 0.512 e. The van der Waals surface area contributed by atoms with Crippen LogP contribution in [-0.4, -0.2) is 25.5 Å². The van der Waals surface area contributed by atoms with Gasteiger partial charge in [-0.25, -0.2) is 13.2 Å². The number of aryl methyl sites for hydroxylation is 1. The van der Waals surface area contributed by atoms with Crippen LogP contribution in [0.5, 0.6) is 5.06 Å². The summed E-state index contributed by atoms with van der Waals surface area (Å²) in [6, 6.07) is 14.4. The number of hydrogen-bond acceptors (Lipinski definition) is 6. The minimum Gasteiger partial charge on any atom is -0.449 e. The number of Topliss-reactive ketones (excluding diaryl/α,β-unsaturated/α-hetero) is 1. The first-order valence-corrected chi connectivity index (χ1v) is 10.7. The fourth-order valence-electron chi connectivity index (χ4n) is 2.53. The molecule has 0 aliphatic heterocycles. The molecular formula is C20H17NO6S2. The number of ketones is 1. The summed E-state index contributed by atoms with van der Waals surface area (Å²) in [7, 11) is -3.94. The van der Waals surface area contributed by atoms with E-state index in [9.17, 15) is 18.0 Å². The number of carboxylic acid groups (broad SMARTS) is 1. The Morgan fingerprint density at radius 2 is 1.66 bits per heavy atom. The van der Waals surface area contributed by atoms with E-state index in [1.165, 1.54) is 25.1 Å². The van der Waals surface area contributed by atoms with Crippen molar-refractivity contribution in [3.63, 3.8) is 0 Å². The molecule has 2 aromatic carbocycles. The van der Waals surface area contributed by atoms with Crippen LogP contribution in [0, 0.1) is 6.92 Å². The molecule has 2 N–H and O–H groups in total. The van der Waals surface area contributed by atoms with Gasteiger partial charge in [-0.3, -0.25) is 9.52 Å². The Labute approximate surface area is 171 Å². The highest BCUT2D eigenvalue weighted by molar-refractivity contribution is 7.92. The van der Waals surface area contributed by atoms with Crippen molar-refractivity contribution in [3.05, 3.63) is 65.7 Å². The highest BCUT2D eigenvalue weighted by Crippen LogP contribution is 2.42. The van der Waals surface area contributed by atoms with Crippen molar-refractivity contribution < 1.29 is 27.9 Å². The Morgan fingerprint density at radius 1 is 1.03 bits per heavy atom. The molecule has 29 heavy (non-hydrogen) atoms. The number of anilines is 1. The fraction of sp³-hybridized carbons (Fsp3) is 0.100. The lowest BCUT2D eigenvalue weighted by Gasteiger charge is -2.08. The first-order valence-electron chi connectivity index (χ1n) is 8.41. The molecule has 0 radical (unpaired) electrons. The summed E-state index contributed by atoms with van der Waals surface area (Å²) >= 11 is 0.979. The van der Waals surface area contributed by atoms with Gasteiger partial charge in [-0.2, -0.15) is 0 Å². The third-order valence-corrected chi connectivity index (χ3v) is 6.47. The minimum absolute atomic E-state index is 0.0172. The molecule has 0 aliphatic carbocycles. The van der Waals surface area contributed by atoms with Gasteiger partial charge in [0.2, 0.25) is 5.06 Å². The highest BCUT2D eigenvalue weighted by atomic mass is 32.2. The molecule has 0 unspecified atom stereocenters. The summed E-state index contributed by atoms with van der Waals surface area (Å²) < 4.78 is 32.5. The average molecular weight is 431 g/mol. The number of thiophene rings is 1. The normalized spacial score (nSPS) is 11.1. The van der Waals surface area contributed by atoms with Gasteiger partial charge in [-0.1, -0.05) is 53.3 Å². The van der Waals surface area contributed by atoms with Gasteiger partial charge in [0.25, 0.3) is 10.0 Å². The van der Waals surface area contributed by atoms with Crippen LogP contribution in [0.4, 0.5) is 10.5 Å². The average Bonchev–Trinajstić information content (AvgIpc) is 3.03. The molecule has 0 aliphatic rings. The summed E-state index contributed by atoms with van der Waals surface area (Å²) in [4.78, 5) is 23.1. The Morgan fingerprint density at radius 3 is 2.21 bits per heavy atom. The van der Waals surface area contributed by atoms with Crippen molar-refractivity contribution in [2.75, 3.05) is 4.72 Å². The summed E-state index contributed by atoms with van der Waals surface area (Å²) in [6.07, 6.45) is -1.55. The number of nitrogens with one attached hydrogen (secondary N) is 1. The number of carbonyl (C=O) groups is 2. The van der Waals surface area contributed by atoms with E-state index >= 15 is 0 Å². The molecular weight excluding hydrogens is 414 g/mol. The zero-order valence-electron chi connectivity index (χ0n) is 15.5. The number of rotatable bonds is 6. The largest absolute Gasteiger partial charge is 0.512 e. The van der Waals surface area contributed by atoms with Crippen LogP contribution < -0.4 is 9.46 Å². The Bertz CT molecular complexity index is 1160. The second kappa shape index (κ2) is 8.06. The van der Waals surface area contributed by atoms with Crippen LogP contribution >= 0.6 is 11.3 Å². The second-order valence-corrected chi connectivity index (χ2v) is 8.93. The Hall–Kier alpha value is -3.17. The van der Waals surface area contributed by atoms with Gasteiger partial charge in [0, 0.05) is 10.4 Å². The summed E-state index contributed by atoms with van der Waals surface area (Å²) in [5.74, 6) is -0.0795. The van der Waals surface area contributed by atoms with Crippen molar-refractivity contribution in [3.8, 4) is 15.5 Å². The van der Waals surface area contributed by atoms with Crippen molar-refractivity contribution in [1.82, 2.24) is 0 Å². The van der Waals surface area contributed by atoms with Gasteiger partial charge in [0.05, 0.1) is 4.90 Å². The van der Waals surface area contributed by atoms with Crippen molar-refractivity contribution in [1.29, 1.82) is 0 Å². The maximum absolute atomic E-state index is 12.7. The SMILES string of the molecule is CC(=O)c1ccc(-c2cc(NS(=O)(=O)c3ccc(C)cc3)c(OC(=O)O)s2)cc1. The number of hydrogen-bond donors (Lipinski definition) is 2. The first kappa shape index (κ1) is 20.6. The van der Waals surface area contributed by atoms with Gasteiger partial charge in [0.1, 0.15) is 5.69 Å². The lowest BCUT2D eigenvalue weighted by atomic mass is 10.1. The third-order valence-electron chi connectivity index (χ3n) is 4.03. The zero-order chi connectivity index (χ0) is 21.2. The van der Waals surface area contributed by atoms with Crippen LogP contribution in [0.25, 0.3) is 10.4 Å². The smallest absolute Gasteiger partial charge is 0.449 e. The van der Waals surface area contributed by atoms with E-state index in [1.807, 2.05) is 6.92 Å². The summed E-state index contributed by atoms with van der Waals surface area (Å²) in [5, 5.41) is 8.89.